The molecule has 4 aromatic carbocycles. The predicted molar refractivity (Wildman–Crippen MR) is 234 cm³/mol. The molecular formula is C45H57Cl2Si3Zr. The van der Waals surface area contributed by atoms with Crippen LogP contribution < -0.4 is 10.4 Å². The normalized spacial score (nSPS) is 20.2. The van der Waals surface area contributed by atoms with Gasteiger partial charge in [0.1, 0.15) is 0 Å². The van der Waals surface area contributed by atoms with Gasteiger partial charge >= 0.3 is 322 Å². The minimum atomic E-state index is -4.86. The molecule has 4 aromatic rings. The van der Waals surface area contributed by atoms with Crippen LogP contribution in [0.25, 0.3) is 34.4 Å². The Morgan fingerprint density at radius 2 is 1.08 bits per heavy atom. The topological polar surface area (TPSA) is 0 Å². The van der Waals surface area contributed by atoms with E-state index < -0.39 is 37.6 Å². The van der Waals surface area contributed by atoms with Gasteiger partial charge in [0, 0.05) is 0 Å². The molecule has 0 spiro atoms. The van der Waals surface area contributed by atoms with Crippen LogP contribution in [0.2, 0.25) is 52.4 Å². The third-order valence-electron chi connectivity index (χ3n) is 12.8. The van der Waals surface area contributed by atoms with Crippen LogP contribution >= 0.6 is 17.0 Å². The van der Waals surface area contributed by atoms with Gasteiger partial charge in [0.05, 0.1) is 0 Å². The quantitative estimate of drug-likeness (QED) is 0.147. The van der Waals surface area contributed by atoms with Crippen LogP contribution in [-0.4, -0.2) is 22.1 Å². The molecule has 3 aliphatic carbocycles. The van der Waals surface area contributed by atoms with Gasteiger partial charge in [0.15, 0.2) is 0 Å². The molecule has 0 amide bonds. The zero-order chi connectivity index (χ0) is 36.5. The Hall–Kier alpha value is -1.53. The average Bonchev–Trinajstić information content (AvgIpc) is 3.85. The maximum absolute atomic E-state index is 8.85. The van der Waals surface area contributed by atoms with Crippen molar-refractivity contribution in [3.8, 4) is 22.3 Å². The van der Waals surface area contributed by atoms with E-state index in [-0.39, 0.29) is 7.25 Å². The zero-order valence-corrected chi connectivity index (χ0v) is 39.5. The summed E-state index contributed by atoms with van der Waals surface area (Å²) in [4.78, 5) is 0. The molecule has 0 saturated heterocycles. The number of fused-ring (bicyclic) bond motifs is 2. The predicted octanol–water partition coefficient (Wildman–Crippen LogP) is 13.3. The number of hydrogen-bond donors (Lipinski definition) is 0. The van der Waals surface area contributed by atoms with Crippen LogP contribution in [0.5, 0.6) is 0 Å². The monoisotopic (exact) mass is 841 g/mol. The SMILES string of the molecule is CCC1=Cc2c(-c3ccc([Si](C)(C)C)cc3)cccc2[CH]1[Zr]([Cl])([Cl])([CH]1C(C2CCCC2)=Cc2c(-c3ccc([Si](C)(C)C)cc3)cccc21)[SiH](C)C. The van der Waals surface area contributed by atoms with Gasteiger partial charge in [-0.3, -0.25) is 0 Å². The first kappa shape index (κ1) is 37.8. The van der Waals surface area contributed by atoms with Gasteiger partial charge in [-0.25, -0.2) is 0 Å². The van der Waals surface area contributed by atoms with Gasteiger partial charge in [0.2, 0.25) is 0 Å². The Kier molecular flexibility index (Phi) is 10.1. The average molecular weight is 844 g/mol. The first-order chi connectivity index (χ1) is 24.0. The van der Waals surface area contributed by atoms with Gasteiger partial charge in [0.25, 0.3) is 0 Å². The van der Waals surface area contributed by atoms with Crippen molar-refractivity contribution < 1.29 is 15.6 Å². The van der Waals surface area contributed by atoms with Crippen molar-refractivity contribution in [2.45, 2.75) is 98.7 Å². The Morgan fingerprint density at radius 1 is 0.627 bits per heavy atom. The molecule has 2 unspecified atom stereocenters. The van der Waals surface area contributed by atoms with E-state index in [9.17, 15) is 0 Å². The fourth-order valence-electron chi connectivity index (χ4n) is 9.71. The summed E-state index contributed by atoms with van der Waals surface area (Å²) in [5, 5.41) is 3.01. The maximum atomic E-state index is 8.85. The summed E-state index contributed by atoms with van der Waals surface area (Å²) in [7, 11) is 14.9. The van der Waals surface area contributed by atoms with Crippen molar-refractivity contribution in [3.63, 3.8) is 0 Å². The molecule has 0 aliphatic heterocycles. The molecule has 0 aromatic heterocycles. The first-order valence-electron chi connectivity index (χ1n) is 19.5. The second-order valence-electron chi connectivity index (χ2n) is 18.2. The third-order valence-corrected chi connectivity index (χ3v) is 68.7. The summed E-state index contributed by atoms with van der Waals surface area (Å²) in [6.07, 6.45) is 11.2. The van der Waals surface area contributed by atoms with Crippen LogP contribution in [0.15, 0.2) is 96.1 Å². The first-order valence-corrected chi connectivity index (χ1v) is 42.8. The van der Waals surface area contributed by atoms with Gasteiger partial charge < -0.3 is 0 Å². The zero-order valence-electron chi connectivity index (χ0n) is 32.3. The molecule has 0 heterocycles. The van der Waals surface area contributed by atoms with E-state index >= 15 is 0 Å². The summed E-state index contributed by atoms with van der Waals surface area (Å²) < 4.78 is 0.273. The number of rotatable bonds is 9. The second kappa shape index (κ2) is 13.6. The standard InChI is InChI=1S/C23H27Si.C20H23Si.C2H7Si.2ClH.Zr/c1-24(2,3)21-13-11-18(12-14-21)22-10-6-9-19-15-20(16-23(19)22)17-7-4-5-8-17;1-5-15-13-17-7-6-8-19(20(17)14-15)16-9-11-18(12-10-16)21(2,3)4;1-3-2;;;/h6,9-17H,4-5,7-8H2,1-3H3;6-14H,5H2,1-4H3;3H,1-2H3;2*1H;/q;;;;;+2/p-2. The van der Waals surface area contributed by atoms with Crippen LogP contribution in [0.4, 0.5) is 0 Å². The van der Waals surface area contributed by atoms with Crippen molar-refractivity contribution in [1.82, 2.24) is 0 Å². The fourth-order valence-corrected chi connectivity index (χ4v) is 43.4. The van der Waals surface area contributed by atoms with Gasteiger partial charge in [-0.05, 0) is 0 Å². The molecule has 2 atom stereocenters. The van der Waals surface area contributed by atoms with Crippen LogP contribution in [0, 0.1) is 5.92 Å². The molecule has 0 bridgehead atoms. The molecule has 1 fully saturated rings. The molecule has 3 aliphatic rings. The Balaban J connectivity index is 1.41. The van der Waals surface area contributed by atoms with E-state index in [0.717, 1.165) is 6.42 Å². The summed E-state index contributed by atoms with van der Waals surface area (Å²) in [5.41, 5.74) is 13.9. The van der Waals surface area contributed by atoms with Crippen molar-refractivity contribution in [3.05, 3.63) is 118 Å². The number of benzene rings is 4. The summed E-state index contributed by atoms with van der Waals surface area (Å²) >= 11 is -4.86. The van der Waals surface area contributed by atoms with Crippen molar-refractivity contribution in [2.24, 2.45) is 5.92 Å². The molecule has 0 radical (unpaired) electrons. The van der Waals surface area contributed by atoms with Crippen molar-refractivity contribution in [1.29, 1.82) is 0 Å². The summed E-state index contributed by atoms with van der Waals surface area (Å²) in [6, 6.07) is 33.0. The van der Waals surface area contributed by atoms with Crippen molar-refractivity contribution >= 4 is 61.6 Å². The van der Waals surface area contributed by atoms with E-state index in [1.54, 1.807) is 5.57 Å². The van der Waals surface area contributed by atoms with Gasteiger partial charge in [-0.15, -0.1) is 0 Å². The molecule has 6 heteroatoms. The molecule has 51 heavy (non-hydrogen) atoms. The molecule has 0 N–H and O–H groups in total. The molecule has 0 nitrogen and oxygen atoms in total. The van der Waals surface area contributed by atoms with Gasteiger partial charge in [-0.2, -0.15) is 0 Å². The third kappa shape index (κ3) is 6.44. The van der Waals surface area contributed by atoms with Crippen LogP contribution in [-0.2, 0) is 15.6 Å². The number of allylic oxidation sites excluding steroid dienone is 2. The van der Waals surface area contributed by atoms with Crippen LogP contribution in [0.1, 0.15) is 68.5 Å². The molecule has 1 saturated carbocycles. The second-order valence-corrected chi connectivity index (χ2v) is 70.9. The van der Waals surface area contributed by atoms with Crippen molar-refractivity contribution in [2.75, 3.05) is 0 Å². The Bertz CT molecular complexity index is 2020. The Morgan fingerprint density at radius 3 is 1.51 bits per heavy atom. The minimum absolute atomic E-state index is 0.128. The fraction of sp³-hybridized carbons (Fsp3) is 0.378. The Labute approximate surface area is 319 Å². The molecule has 267 valence electrons. The molecule has 7 rings (SSSR count). The van der Waals surface area contributed by atoms with E-state index in [4.69, 9.17) is 17.0 Å². The van der Waals surface area contributed by atoms with Crippen LogP contribution in [0.3, 0.4) is 0 Å². The van der Waals surface area contributed by atoms with E-state index in [1.807, 2.05) is 0 Å². The summed E-state index contributed by atoms with van der Waals surface area (Å²) in [5.74, 6) is -1.07. The van der Waals surface area contributed by atoms with Gasteiger partial charge in [-0.1, -0.05) is 0 Å². The molecular weight excluding hydrogens is 787 g/mol. The van der Waals surface area contributed by atoms with E-state index in [0.29, 0.717) is 5.92 Å². The number of halogens is 2. The number of hydrogen-bond acceptors (Lipinski definition) is 0. The van der Waals surface area contributed by atoms with E-state index in [1.165, 1.54) is 86.1 Å². The van der Waals surface area contributed by atoms with E-state index in [2.05, 4.69) is 156 Å². The summed E-state index contributed by atoms with van der Waals surface area (Å²) in [6.45, 7) is 21.9.